The van der Waals surface area contributed by atoms with Gasteiger partial charge in [0.25, 0.3) is 5.91 Å². The van der Waals surface area contributed by atoms with Crippen LogP contribution in [0.5, 0.6) is 5.75 Å². The minimum absolute atomic E-state index is 0.0988. The maximum absolute atomic E-state index is 13.2. The summed E-state index contributed by atoms with van der Waals surface area (Å²) >= 11 is 6.04. The third-order valence-electron chi connectivity index (χ3n) is 4.19. The average Bonchev–Trinajstić information content (AvgIpc) is 3.22. The number of ether oxygens (including phenoxy) is 1. The molecule has 1 unspecified atom stereocenters. The highest BCUT2D eigenvalue weighted by Gasteiger charge is 2.32. The first-order valence-corrected chi connectivity index (χ1v) is 10.3. The standard InChI is InChI=1S/C20H18ClNO5S/c1-26-14-8-10-15(11-9-14)28(24,25)19(18-7-4-12-27-18)13-22-20(23)16-5-2-3-6-17(16)21/h2-12,19H,13H2,1H3,(H,22,23). The van der Waals surface area contributed by atoms with E-state index in [0.29, 0.717) is 5.75 Å². The van der Waals surface area contributed by atoms with E-state index in [1.54, 1.807) is 48.5 Å². The molecule has 1 atom stereocenters. The Bertz CT molecular complexity index is 1050. The number of halogens is 1. The number of carbonyl (C=O) groups is 1. The molecule has 0 spiro atoms. The van der Waals surface area contributed by atoms with E-state index >= 15 is 0 Å². The third-order valence-corrected chi connectivity index (χ3v) is 6.60. The van der Waals surface area contributed by atoms with Gasteiger partial charge in [-0.3, -0.25) is 4.79 Å². The van der Waals surface area contributed by atoms with Gasteiger partial charge < -0.3 is 14.5 Å². The molecule has 6 nitrogen and oxygen atoms in total. The maximum atomic E-state index is 13.2. The molecule has 0 saturated carbocycles. The summed E-state index contributed by atoms with van der Waals surface area (Å²) < 4.78 is 36.7. The molecule has 0 aliphatic rings. The van der Waals surface area contributed by atoms with E-state index in [4.69, 9.17) is 20.8 Å². The van der Waals surface area contributed by atoms with E-state index in [1.807, 2.05) is 0 Å². The Morgan fingerprint density at radius 1 is 1.11 bits per heavy atom. The molecule has 0 radical (unpaired) electrons. The fourth-order valence-electron chi connectivity index (χ4n) is 2.69. The highest BCUT2D eigenvalue weighted by molar-refractivity contribution is 7.91. The zero-order valence-corrected chi connectivity index (χ0v) is 16.5. The molecule has 1 heterocycles. The van der Waals surface area contributed by atoms with Gasteiger partial charge in [-0.15, -0.1) is 0 Å². The van der Waals surface area contributed by atoms with Gasteiger partial charge in [0.05, 0.1) is 28.9 Å². The predicted octanol–water partition coefficient (Wildman–Crippen LogP) is 3.89. The molecule has 0 bridgehead atoms. The molecule has 28 heavy (non-hydrogen) atoms. The summed E-state index contributed by atoms with van der Waals surface area (Å²) in [7, 11) is -2.33. The summed E-state index contributed by atoms with van der Waals surface area (Å²) in [4.78, 5) is 12.5. The van der Waals surface area contributed by atoms with Crippen molar-refractivity contribution in [2.45, 2.75) is 10.1 Å². The Morgan fingerprint density at radius 3 is 2.43 bits per heavy atom. The number of sulfone groups is 1. The molecular weight excluding hydrogens is 402 g/mol. The number of methoxy groups -OCH3 is 1. The smallest absolute Gasteiger partial charge is 0.252 e. The Labute approximate surface area is 168 Å². The van der Waals surface area contributed by atoms with Crippen LogP contribution in [0.2, 0.25) is 5.02 Å². The van der Waals surface area contributed by atoms with Gasteiger partial charge in [0.15, 0.2) is 9.84 Å². The normalized spacial score (nSPS) is 12.4. The first-order chi connectivity index (χ1) is 13.4. The lowest BCUT2D eigenvalue weighted by Crippen LogP contribution is -2.32. The van der Waals surface area contributed by atoms with E-state index in [2.05, 4.69) is 5.32 Å². The molecule has 0 fully saturated rings. The summed E-state index contributed by atoms with van der Waals surface area (Å²) in [5.41, 5.74) is 0.268. The number of rotatable bonds is 7. The van der Waals surface area contributed by atoms with Crippen LogP contribution in [0.25, 0.3) is 0 Å². The van der Waals surface area contributed by atoms with Crippen molar-refractivity contribution in [2.24, 2.45) is 0 Å². The van der Waals surface area contributed by atoms with Gasteiger partial charge in [0.1, 0.15) is 16.8 Å². The van der Waals surface area contributed by atoms with Crippen molar-refractivity contribution in [2.75, 3.05) is 13.7 Å². The Hall–Kier alpha value is -2.77. The Balaban J connectivity index is 1.87. The fourth-order valence-corrected chi connectivity index (χ4v) is 4.50. The number of nitrogens with one attached hydrogen (secondary N) is 1. The molecule has 1 amide bonds. The molecule has 3 rings (SSSR count). The monoisotopic (exact) mass is 419 g/mol. The predicted molar refractivity (Wildman–Crippen MR) is 105 cm³/mol. The summed E-state index contributed by atoms with van der Waals surface area (Å²) in [5.74, 6) is 0.308. The van der Waals surface area contributed by atoms with Crippen LogP contribution in [-0.4, -0.2) is 28.0 Å². The fraction of sp³-hybridized carbons (Fsp3) is 0.150. The second kappa shape index (κ2) is 8.50. The van der Waals surface area contributed by atoms with E-state index < -0.39 is 21.0 Å². The molecule has 146 valence electrons. The number of hydrogen-bond donors (Lipinski definition) is 1. The number of furan rings is 1. The van der Waals surface area contributed by atoms with Gasteiger partial charge >= 0.3 is 0 Å². The molecule has 2 aromatic carbocycles. The number of benzene rings is 2. The zero-order valence-electron chi connectivity index (χ0n) is 15.0. The lowest BCUT2D eigenvalue weighted by Gasteiger charge is -2.17. The van der Waals surface area contributed by atoms with Gasteiger partial charge in [0.2, 0.25) is 0 Å². The highest BCUT2D eigenvalue weighted by Crippen LogP contribution is 2.30. The van der Waals surface area contributed by atoms with Crippen LogP contribution in [-0.2, 0) is 9.84 Å². The van der Waals surface area contributed by atoms with Gasteiger partial charge in [0, 0.05) is 6.54 Å². The lowest BCUT2D eigenvalue weighted by molar-refractivity contribution is 0.0953. The zero-order chi connectivity index (χ0) is 20.1. The van der Waals surface area contributed by atoms with Crippen molar-refractivity contribution >= 4 is 27.3 Å². The van der Waals surface area contributed by atoms with E-state index in [0.717, 1.165) is 0 Å². The van der Waals surface area contributed by atoms with Crippen LogP contribution in [0.15, 0.2) is 76.2 Å². The first kappa shape index (κ1) is 20.0. The molecule has 0 aliphatic carbocycles. The summed E-state index contributed by atoms with van der Waals surface area (Å²) in [5, 5.41) is 1.83. The van der Waals surface area contributed by atoms with Crippen LogP contribution in [0.4, 0.5) is 0 Å². The minimum atomic E-state index is -3.83. The molecular formula is C20H18ClNO5S. The molecule has 3 aromatic rings. The maximum Gasteiger partial charge on any atom is 0.252 e. The van der Waals surface area contributed by atoms with Crippen molar-refractivity contribution in [1.29, 1.82) is 0 Å². The molecule has 1 N–H and O–H groups in total. The molecule has 0 saturated heterocycles. The third kappa shape index (κ3) is 4.21. The van der Waals surface area contributed by atoms with Gasteiger partial charge in [-0.2, -0.15) is 0 Å². The van der Waals surface area contributed by atoms with Crippen LogP contribution in [0.3, 0.4) is 0 Å². The number of amides is 1. The molecule has 8 heteroatoms. The van der Waals surface area contributed by atoms with Crippen molar-refractivity contribution in [3.05, 3.63) is 83.3 Å². The Kier molecular flexibility index (Phi) is 6.06. The van der Waals surface area contributed by atoms with Crippen molar-refractivity contribution in [1.82, 2.24) is 5.32 Å². The average molecular weight is 420 g/mol. The van der Waals surface area contributed by atoms with Crippen molar-refractivity contribution in [3.63, 3.8) is 0 Å². The van der Waals surface area contributed by atoms with Gasteiger partial charge in [-0.1, -0.05) is 23.7 Å². The second-order valence-corrected chi connectivity index (χ2v) is 8.45. The first-order valence-electron chi connectivity index (χ1n) is 8.37. The van der Waals surface area contributed by atoms with Gasteiger partial charge in [-0.05, 0) is 48.5 Å². The van der Waals surface area contributed by atoms with E-state index in [1.165, 1.54) is 25.5 Å². The number of hydrogen-bond acceptors (Lipinski definition) is 5. The van der Waals surface area contributed by atoms with Gasteiger partial charge in [-0.25, -0.2) is 8.42 Å². The van der Waals surface area contributed by atoms with Crippen LogP contribution in [0.1, 0.15) is 21.4 Å². The largest absolute Gasteiger partial charge is 0.497 e. The lowest BCUT2D eigenvalue weighted by atomic mass is 10.2. The van der Waals surface area contributed by atoms with E-state index in [9.17, 15) is 13.2 Å². The SMILES string of the molecule is COc1ccc(S(=O)(=O)C(CNC(=O)c2ccccc2Cl)c2ccco2)cc1. The highest BCUT2D eigenvalue weighted by atomic mass is 35.5. The Morgan fingerprint density at radius 2 is 1.82 bits per heavy atom. The van der Waals surface area contributed by atoms with Crippen LogP contribution >= 0.6 is 11.6 Å². The van der Waals surface area contributed by atoms with Crippen molar-refractivity contribution < 1.29 is 22.4 Å². The van der Waals surface area contributed by atoms with Crippen LogP contribution in [0, 0.1) is 0 Å². The summed E-state index contributed by atoms with van der Waals surface area (Å²) in [6, 6.07) is 15.8. The quantitative estimate of drug-likeness (QED) is 0.628. The van der Waals surface area contributed by atoms with Crippen molar-refractivity contribution in [3.8, 4) is 5.75 Å². The van der Waals surface area contributed by atoms with E-state index in [-0.39, 0.29) is 27.8 Å². The van der Waals surface area contributed by atoms with Crippen LogP contribution < -0.4 is 10.1 Å². The molecule has 0 aliphatic heterocycles. The minimum Gasteiger partial charge on any atom is -0.497 e. The summed E-state index contributed by atoms with van der Waals surface area (Å²) in [6.45, 7) is -0.175. The summed E-state index contributed by atoms with van der Waals surface area (Å²) in [6.07, 6.45) is 1.39. The molecule has 1 aromatic heterocycles. The number of carbonyl (C=O) groups excluding carboxylic acids is 1. The topological polar surface area (TPSA) is 85.6 Å². The second-order valence-electron chi connectivity index (χ2n) is 5.91.